The maximum absolute atomic E-state index is 12.3. The Bertz CT molecular complexity index is 324. The van der Waals surface area contributed by atoms with Crippen molar-refractivity contribution in [1.82, 2.24) is 0 Å². The Morgan fingerprint density at radius 2 is 2.44 bits per heavy atom. The minimum atomic E-state index is -0.956. The fraction of sp³-hybridized carbons (Fsp3) is 0.143. The van der Waals surface area contributed by atoms with E-state index in [1.165, 1.54) is 0 Å². The van der Waals surface area contributed by atoms with Gasteiger partial charge >= 0.3 is 0 Å². The van der Waals surface area contributed by atoms with Crippen molar-refractivity contribution in [2.45, 2.75) is 6.67 Å². The van der Waals surface area contributed by atoms with Gasteiger partial charge in [-0.05, 0) is 17.6 Å². The van der Waals surface area contributed by atoms with Crippen molar-refractivity contribution in [3.05, 3.63) is 34.2 Å². The van der Waals surface area contributed by atoms with Crippen LogP contribution in [0, 0.1) is 0 Å². The molecule has 1 aromatic rings. The molecule has 0 heterocycles. The molecule has 0 amide bonds. The van der Waals surface area contributed by atoms with E-state index >= 15 is 0 Å². The normalized spacial score (nSPS) is 15.8. The van der Waals surface area contributed by atoms with Crippen molar-refractivity contribution in [2.24, 2.45) is 0 Å². The highest BCUT2D eigenvalue weighted by atomic mass is 79.9. The van der Waals surface area contributed by atoms with Crippen LogP contribution in [0.25, 0.3) is 0 Å². The summed E-state index contributed by atoms with van der Waals surface area (Å²) in [6, 6.07) is -1.18. The summed E-state index contributed by atoms with van der Waals surface area (Å²) in [6.07, 6.45) is 0. The SMILES string of the molecule is [2H]c1c([2H])c(Br)c([2H])c(CF)c1[2H]. The third kappa shape index (κ3) is 1.79. The predicted molar refractivity (Wildman–Crippen MR) is 39.0 cm³/mol. The van der Waals surface area contributed by atoms with Crippen LogP contribution in [0.4, 0.5) is 4.39 Å². The zero-order valence-electron chi connectivity index (χ0n) is 8.46. The predicted octanol–water partition coefficient (Wildman–Crippen LogP) is 2.92. The fourth-order valence-electron chi connectivity index (χ4n) is 0.423. The zero-order valence-corrected chi connectivity index (χ0v) is 6.05. The first-order valence-corrected chi connectivity index (χ1v) is 3.10. The molecule has 0 saturated heterocycles. The average molecular weight is 193 g/mol. The van der Waals surface area contributed by atoms with E-state index in [2.05, 4.69) is 15.9 Å². The van der Waals surface area contributed by atoms with E-state index < -0.39 is 6.67 Å². The summed E-state index contributed by atoms with van der Waals surface area (Å²) in [6.45, 7) is -0.956. The highest BCUT2D eigenvalue weighted by molar-refractivity contribution is 9.10. The largest absolute Gasteiger partial charge is 0.246 e. The van der Waals surface area contributed by atoms with Crippen LogP contribution in [0.15, 0.2) is 28.6 Å². The molecule has 0 fully saturated rings. The molecule has 0 spiro atoms. The van der Waals surface area contributed by atoms with Crippen LogP contribution in [-0.4, -0.2) is 0 Å². The lowest BCUT2D eigenvalue weighted by molar-refractivity contribution is 0.485. The fourth-order valence-corrected chi connectivity index (χ4v) is 0.762. The third-order valence-electron chi connectivity index (χ3n) is 0.780. The Labute approximate surface area is 67.4 Å². The van der Waals surface area contributed by atoms with Gasteiger partial charge in [-0.15, -0.1) is 0 Å². The first-order chi connectivity index (χ1) is 6.00. The van der Waals surface area contributed by atoms with Gasteiger partial charge in [0.15, 0.2) is 0 Å². The van der Waals surface area contributed by atoms with Crippen molar-refractivity contribution in [3.8, 4) is 0 Å². The van der Waals surface area contributed by atoms with Crippen LogP contribution in [0.2, 0.25) is 0 Å². The Hall–Kier alpha value is -0.370. The van der Waals surface area contributed by atoms with E-state index in [0.717, 1.165) is 0 Å². The molecule has 0 aliphatic rings. The van der Waals surface area contributed by atoms with Gasteiger partial charge in [0.25, 0.3) is 0 Å². The van der Waals surface area contributed by atoms with Crippen LogP contribution in [0.1, 0.15) is 11.0 Å². The average Bonchev–Trinajstić information content (AvgIpc) is 2.13. The Morgan fingerprint density at radius 3 is 3.11 bits per heavy atom. The molecule has 0 aliphatic heterocycles. The summed E-state index contributed by atoms with van der Waals surface area (Å²) in [5, 5.41) is 0. The molecule has 0 atom stereocenters. The second kappa shape index (κ2) is 2.97. The van der Waals surface area contributed by atoms with Gasteiger partial charge < -0.3 is 0 Å². The molecule has 0 nitrogen and oxygen atoms in total. The number of alkyl halides is 1. The number of halogens is 2. The molecule has 0 saturated carbocycles. The van der Waals surface area contributed by atoms with Crippen LogP contribution in [0.5, 0.6) is 0 Å². The monoisotopic (exact) mass is 192 g/mol. The van der Waals surface area contributed by atoms with Crippen molar-refractivity contribution in [2.75, 3.05) is 0 Å². The lowest BCUT2D eigenvalue weighted by Crippen LogP contribution is -1.75. The summed E-state index contributed by atoms with van der Waals surface area (Å²) in [7, 11) is 0. The molecule has 0 bridgehead atoms. The molecule has 2 heteroatoms. The Kier molecular flexibility index (Phi) is 1.04. The van der Waals surface area contributed by atoms with Crippen LogP contribution >= 0.6 is 15.9 Å². The van der Waals surface area contributed by atoms with E-state index in [1.807, 2.05) is 0 Å². The van der Waals surface area contributed by atoms with E-state index in [1.54, 1.807) is 0 Å². The lowest BCUT2D eigenvalue weighted by Gasteiger charge is -1.92. The standard InChI is InChI=1S/C7H6BrF/c8-7-3-1-2-6(4-7)5-9/h1-4H,5H2/i1D,2D,3D,4D. The number of rotatable bonds is 1. The Balaban J connectivity index is 3.56. The first kappa shape index (κ1) is 3.15. The summed E-state index contributed by atoms with van der Waals surface area (Å²) in [5.41, 5.74) is -0.145. The van der Waals surface area contributed by atoms with Gasteiger partial charge in [0.05, 0.1) is 5.48 Å². The summed E-state index contributed by atoms with van der Waals surface area (Å²) in [4.78, 5) is 0. The smallest absolute Gasteiger partial charge is 0.115 e. The molecule has 0 aliphatic carbocycles. The topological polar surface area (TPSA) is 0 Å². The second-order valence-corrected chi connectivity index (χ2v) is 2.22. The molecule has 9 heavy (non-hydrogen) atoms. The lowest BCUT2D eigenvalue weighted by atomic mass is 10.2. The highest BCUT2D eigenvalue weighted by Gasteiger charge is 1.89. The minimum Gasteiger partial charge on any atom is -0.246 e. The van der Waals surface area contributed by atoms with Crippen molar-refractivity contribution in [3.63, 3.8) is 0 Å². The molecular formula is C7H6BrF. The van der Waals surface area contributed by atoms with Gasteiger partial charge in [0.2, 0.25) is 0 Å². The van der Waals surface area contributed by atoms with Gasteiger partial charge in [0, 0.05) is 4.47 Å². The van der Waals surface area contributed by atoms with E-state index in [4.69, 9.17) is 5.48 Å². The molecule has 0 N–H and O–H groups in total. The minimum absolute atomic E-state index is 0.0705. The molecule has 0 unspecified atom stereocenters. The zero-order chi connectivity index (χ0) is 10.2. The molecule has 0 radical (unpaired) electrons. The first-order valence-electron chi connectivity index (χ1n) is 4.31. The van der Waals surface area contributed by atoms with E-state index in [-0.39, 0.29) is 34.2 Å². The quantitative estimate of drug-likeness (QED) is 0.643. The number of hydrogen-bond acceptors (Lipinski definition) is 0. The van der Waals surface area contributed by atoms with Crippen LogP contribution < -0.4 is 0 Å². The summed E-state index contributed by atoms with van der Waals surface area (Å²) in [5.74, 6) is 0. The van der Waals surface area contributed by atoms with Gasteiger partial charge in [-0.2, -0.15) is 0 Å². The Morgan fingerprint density at radius 1 is 1.67 bits per heavy atom. The maximum Gasteiger partial charge on any atom is 0.115 e. The second-order valence-electron chi connectivity index (χ2n) is 1.43. The van der Waals surface area contributed by atoms with Crippen molar-refractivity contribution >= 4 is 15.9 Å². The van der Waals surface area contributed by atoms with E-state index in [0.29, 0.717) is 0 Å². The molecule has 1 rings (SSSR count). The number of hydrogen-bond donors (Lipinski definition) is 0. The molecule has 48 valence electrons. The van der Waals surface area contributed by atoms with Gasteiger partial charge in [-0.3, -0.25) is 0 Å². The molecule has 0 aromatic heterocycles. The highest BCUT2D eigenvalue weighted by Crippen LogP contribution is 2.11. The van der Waals surface area contributed by atoms with Gasteiger partial charge in [-0.1, -0.05) is 28.0 Å². The van der Waals surface area contributed by atoms with Crippen molar-refractivity contribution in [1.29, 1.82) is 0 Å². The molecule has 1 aromatic carbocycles. The molecular weight excluding hydrogens is 183 g/mol. The van der Waals surface area contributed by atoms with Gasteiger partial charge in [0.1, 0.15) is 6.67 Å². The van der Waals surface area contributed by atoms with Crippen molar-refractivity contribution < 1.29 is 9.87 Å². The summed E-state index contributed by atoms with van der Waals surface area (Å²) < 4.78 is 41.6. The summed E-state index contributed by atoms with van der Waals surface area (Å²) >= 11 is 2.91. The van der Waals surface area contributed by atoms with Gasteiger partial charge in [-0.25, -0.2) is 4.39 Å². The third-order valence-corrected chi connectivity index (χ3v) is 1.18. The van der Waals surface area contributed by atoms with Crippen LogP contribution in [0.3, 0.4) is 0 Å². The van der Waals surface area contributed by atoms with Crippen LogP contribution in [-0.2, 0) is 6.67 Å². The number of benzene rings is 1. The van der Waals surface area contributed by atoms with E-state index in [9.17, 15) is 4.39 Å². The maximum atomic E-state index is 12.3.